The van der Waals surface area contributed by atoms with Gasteiger partial charge < -0.3 is 19.6 Å². The number of aromatic amines is 1. The number of carbonyl (C=O) groups is 1. The number of fused-ring (bicyclic) bond motifs is 1. The van der Waals surface area contributed by atoms with E-state index >= 15 is 0 Å². The van der Waals surface area contributed by atoms with Gasteiger partial charge in [-0.2, -0.15) is 0 Å². The third kappa shape index (κ3) is 5.45. The molecule has 2 N–H and O–H groups in total. The summed E-state index contributed by atoms with van der Waals surface area (Å²) in [6.07, 6.45) is 2.51. The Hall–Kier alpha value is -1.71. The Balaban J connectivity index is 1.83. The van der Waals surface area contributed by atoms with Crippen LogP contribution in [0.5, 0.6) is 5.75 Å². The zero-order valence-corrected chi connectivity index (χ0v) is 14.1. The van der Waals surface area contributed by atoms with E-state index in [9.17, 15) is 17.8 Å². The number of amides is 1. The molecule has 2 aromatic rings. The SMILES string of the molecule is COc1ccc2[nH]cc(CCNC(=O)CCSS(=O)(=O)[O-])c2c1. The second-order valence-corrected chi connectivity index (χ2v) is 8.20. The van der Waals surface area contributed by atoms with Crippen LogP contribution in [0.1, 0.15) is 12.0 Å². The zero-order valence-electron chi connectivity index (χ0n) is 12.5. The molecule has 0 saturated heterocycles. The Kier molecular flexibility index (Phi) is 5.91. The first kappa shape index (κ1) is 17.6. The van der Waals surface area contributed by atoms with Crippen molar-refractivity contribution < 1.29 is 22.5 Å². The average Bonchev–Trinajstić information content (AvgIpc) is 2.88. The van der Waals surface area contributed by atoms with E-state index in [0.29, 0.717) is 13.0 Å². The second-order valence-electron chi connectivity index (χ2n) is 4.81. The normalized spacial score (nSPS) is 11.6. The predicted octanol–water partition coefficient (Wildman–Crippen LogP) is 1.42. The molecule has 0 atom stereocenters. The molecule has 0 fully saturated rings. The van der Waals surface area contributed by atoms with E-state index < -0.39 is 9.15 Å². The molecule has 1 amide bonds. The van der Waals surface area contributed by atoms with Crippen LogP contribution in [0.3, 0.4) is 0 Å². The number of H-pyrrole nitrogens is 1. The smallest absolute Gasteiger partial charge is 0.220 e. The maximum Gasteiger partial charge on any atom is 0.220 e. The first-order chi connectivity index (χ1) is 10.9. The second kappa shape index (κ2) is 7.71. The number of benzene rings is 1. The lowest BCUT2D eigenvalue weighted by atomic mass is 10.1. The highest BCUT2D eigenvalue weighted by Crippen LogP contribution is 2.23. The van der Waals surface area contributed by atoms with Gasteiger partial charge in [0.1, 0.15) is 14.9 Å². The molecule has 0 unspecified atom stereocenters. The van der Waals surface area contributed by atoms with Crippen LogP contribution in [-0.2, 0) is 20.4 Å². The highest BCUT2D eigenvalue weighted by atomic mass is 33.1. The van der Waals surface area contributed by atoms with Gasteiger partial charge in [-0.25, -0.2) is 8.42 Å². The van der Waals surface area contributed by atoms with Crippen molar-refractivity contribution in [3.05, 3.63) is 30.0 Å². The summed E-state index contributed by atoms with van der Waals surface area (Å²) in [5.41, 5.74) is 2.04. The van der Waals surface area contributed by atoms with Crippen molar-refractivity contribution in [2.45, 2.75) is 12.8 Å². The number of nitrogens with one attached hydrogen (secondary N) is 2. The summed E-state index contributed by atoms with van der Waals surface area (Å²) in [7, 11) is -2.50. The summed E-state index contributed by atoms with van der Waals surface area (Å²) in [5, 5.41) is 3.74. The molecule has 1 aromatic carbocycles. The van der Waals surface area contributed by atoms with E-state index in [4.69, 9.17) is 4.74 Å². The Bertz CT molecular complexity index is 786. The van der Waals surface area contributed by atoms with E-state index in [-0.39, 0.29) is 28.9 Å². The molecule has 9 heteroatoms. The highest BCUT2D eigenvalue weighted by Gasteiger charge is 2.07. The lowest BCUT2D eigenvalue weighted by Crippen LogP contribution is -2.26. The number of methoxy groups -OCH3 is 1. The number of hydrogen-bond donors (Lipinski definition) is 2. The summed E-state index contributed by atoms with van der Waals surface area (Å²) >= 11 is 0. The average molecular weight is 357 g/mol. The molecule has 0 bridgehead atoms. The molecule has 23 heavy (non-hydrogen) atoms. The van der Waals surface area contributed by atoms with Gasteiger partial charge in [0.2, 0.25) is 5.91 Å². The van der Waals surface area contributed by atoms with E-state index in [1.807, 2.05) is 24.4 Å². The molecule has 126 valence electrons. The van der Waals surface area contributed by atoms with Gasteiger partial charge in [-0.15, -0.1) is 0 Å². The van der Waals surface area contributed by atoms with Gasteiger partial charge in [0, 0.05) is 35.8 Å². The molecular formula is C14H17N2O5S2-. The van der Waals surface area contributed by atoms with Crippen molar-refractivity contribution in [1.82, 2.24) is 10.3 Å². The predicted molar refractivity (Wildman–Crippen MR) is 88.3 cm³/mol. The lowest BCUT2D eigenvalue weighted by Gasteiger charge is -2.07. The minimum atomic E-state index is -4.34. The monoisotopic (exact) mass is 357 g/mol. The maximum absolute atomic E-state index is 11.6. The van der Waals surface area contributed by atoms with Gasteiger partial charge in [0.05, 0.1) is 7.11 Å². The van der Waals surface area contributed by atoms with Crippen LogP contribution < -0.4 is 10.1 Å². The van der Waals surface area contributed by atoms with Crippen LogP contribution in [0.15, 0.2) is 24.4 Å². The summed E-state index contributed by atoms with van der Waals surface area (Å²) in [6.45, 7) is 0.428. The molecule has 0 aliphatic carbocycles. The fourth-order valence-electron chi connectivity index (χ4n) is 2.15. The van der Waals surface area contributed by atoms with Gasteiger partial charge in [0.25, 0.3) is 0 Å². The summed E-state index contributed by atoms with van der Waals surface area (Å²) < 4.78 is 36.5. The van der Waals surface area contributed by atoms with Crippen LogP contribution in [0, 0.1) is 0 Å². The lowest BCUT2D eigenvalue weighted by molar-refractivity contribution is -0.120. The van der Waals surface area contributed by atoms with Crippen LogP contribution >= 0.6 is 10.8 Å². The van der Waals surface area contributed by atoms with Crippen molar-refractivity contribution in [1.29, 1.82) is 0 Å². The molecule has 0 aliphatic heterocycles. The molecule has 0 spiro atoms. The van der Waals surface area contributed by atoms with Crippen molar-refractivity contribution in [3.63, 3.8) is 0 Å². The fourth-order valence-corrected chi connectivity index (χ4v) is 3.49. The summed E-state index contributed by atoms with van der Waals surface area (Å²) in [6, 6.07) is 5.72. The van der Waals surface area contributed by atoms with Gasteiger partial charge in [0.15, 0.2) is 0 Å². The quantitative estimate of drug-likeness (QED) is 0.546. The van der Waals surface area contributed by atoms with Crippen LogP contribution in [0.4, 0.5) is 0 Å². The van der Waals surface area contributed by atoms with Crippen molar-refractivity contribution >= 4 is 36.8 Å². The third-order valence-electron chi connectivity index (χ3n) is 3.25. The van der Waals surface area contributed by atoms with E-state index in [2.05, 4.69) is 10.3 Å². The van der Waals surface area contributed by atoms with E-state index in [1.165, 1.54) is 0 Å². The first-order valence-electron chi connectivity index (χ1n) is 6.90. The van der Waals surface area contributed by atoms with Crippen molar-refractivity contribution in [3.8, 4) is 5.75 Å². The molecule has 0 radical (unpaired) electrons. The highest BCUT2D eigenvalue weighted by molar-refractivity contribution is 8.69. The minimum Gasteiger partial charge on any atom is -0.739 e. The fraction of sp³-hybridized carbons (Fsp3) is 0.357. The third-order valence-corrected chi connectivity index (χ3v) is 5.27. The van der Waals surface area contributed by atoms with E-state index in [1.54, 1.807) is 7.11 Å². The van der Waals surface area contributed by atoms with Crippen molar-refractivity contribution in [2.24, 2.45) is 0 Å². The standard InChI is InChI=1S/C14H18N2O5S2/c1-21-11-2-3-13-12(8-11)10(9-16-13)4-6-15-14(17)5-7-22-23(18,19)20/h2-3,8-9,16H,4-7H2,1H3,(H,15,17)(H,18,19,20)/p-1. The summed E-state index contributed by atoms with van der Waals surface area (Å²) in [4.78, 5) is 14.7. The van der Waals surface area contributed by atoms with Gasteiger partial charge >= 0.3 is 0 Å². The van der Waals surface area contributed by atoms with Crippen LogP contribution in [-0.4, -0.2) is 43.3 Å². The summed E-state index contributed by atoms with van der Waals surface area (Å²) in [5.74, 6) is 0.443. The number of hydrogen-bond acceptors (Lipinski definition) is 6. The van der Waals surface area contributed by atoms with Crippen LogP contribution in [0.2, 0.25) is 0 Å². The topological polar surface area (TPSA) is 111 Å². The van der Waals surface area contributed by atoms with E-state index in [0.717, 1.165) is 22.2 Å². The Morgan fingerprint density at radius 1 is 1.43 bits per heavy atom. The van der Waals surface area contributed by atoms with Crippen molar-refractivity contribution in [2.75, 3.05) is 19.4 Å². The molecule has 0 aliphatic rings. The number of carbonyl (C=O) groups excluding carboxylic acids is 1. The Morgan fingerprint density at radius 3 is 2.91 bits per heavy atom. The molecule has 0 saturated carbocycles. The van der Waals surface area contributed by atoms with Gasteiger partial charge in [-0.1, -0.05) is 0 Å². The largest absolute Gasteiger partial charge is 0.739 e. The number of ether oxygens (including phenoxy) is 1. The minimum absolute atomic E-state index is 0.00611. The number of aromatic nitrogens is 1. The maximum atomic E-state index is 11.6. The molecule has 1 heterocycles. The Labute approximate surface area is 137 Å². The first-order valence-corrected chi connectivity index (χ1v) is 9.81. The molecule has 1 aromatic heterocycles. The van der Waals surface area contributed by atoms with Crippen LogP contribution in [0.25, 0.3) is 10.9 Å². The molecule has 7 nitrogen and oxygen atoms in total. The van der Waals surface area contributed by atoms with Gasteiger partial charge in [-0.3, -0.25) is 4.79 Å². The zero-order chi connectivity index (χ0) is 16.9. The molecular weight excluding hydrogens is 340 g/mol. The molecule has 2 rings (SSSR count). The number of rotatable bonds is 8. The van der Waals surface area contributed by atoms with Gasteiger partial charge in [-0.05, 0) is 41.0 Å². The Morgan fingerprint density at radius 2 is 2.22 bits per heavy atom.